The maximum atomic E-state index is 12.4. The normalized spacial score (nSPS) is 15.2. The number of nitrogens with zero attached hydrogens (tertiary/aromatic N) is 2. The van der Waals surface area contributed by atoms with E-state index in [1.807, 2.05) is 36.1 Å². The first-order valence-corrected chi connectivity index (χ1v) is 6.94. The van der Waals surface area contributed by atoms with Crippen molar-refractivity contribution in [3.8, 4) is 11.1 Å². The van der Waals surface area contributed by atoms with Crippen LogP contribution in [0.4, 0.5) is 11.8 Å². The highest BCUT2D eigenvalue weighted by Crippen LogP contribution is 2.22. The molecule has 110 valence electrons. The number of rotatable bonds is 2. The van der Waals surface area contributed by atoms with E-state index in [4.69, 9.17) is 10.5 Å². The Balaban J connectivity index is 2.00. The van der Waals surface area contributed by atoms with Crippen molar-refractivity contribution in [1.29, 1.82) is 0 Å². The molecular weight excluding hydrogens is 268 g/mol. The zero-order valence-electron chi connectivity index (χ0n) is 11.9. The second-order valence-electron chi connectivity index (χ2n) is 5.12. The van der Waals surface area contributed by atoms with Crippen molar-refractivity contribution >= 4 is 11.8 Å². The first-order valence-electron chi connectivity index (χ1n) is 6.94. The summed E-state index contributed by atoms with van der Waals surface area (Å²) in [7, 11) is 0. The van der Waals surface area contributed by atoms with Gasteiger partial charge in [0.2, 0.25) is 5.95 Å². The Hall–Kier alpha value is -2.34. The molecule has 0 radical (unpaired) electrons. The molecule has 21 heavy (non-hydrogen) atoms. The number of H-pyrrole nitrogens is 1. The van der Waals surface area contributed by atoms with Gasteiger partial charge in [0, 0.05) is 13.1 Å². The SMILES string of the molecule is Cc1ccc(-c2c(N)nc(N3CCOCC3)[nH]c2=O)cc1. The minimum atomic E-state index is -0.215. The molecule has 2 aromatic rings. The number of ether oxygens (including phenoxy) is 1. The third-order valence-electron chi connectivity index (χ3n) is 3.59. The molecule has 3 rings (SSSR count). The van der Waals surface area contributed by atoms with Crippen molar-refractivity contribution in [2.75, 3.05) is 36.9 Å². The van der Waals surface area contributed by atoms with Gasteiger partial charge in [0.05, 0.1) is 18.8 Å². The fourth-order valence-electron chi connectivity index (χ4n) is 2.40. The van der Waals surface area contributed by atoms with Crippen molar-refractivity contribution in [3.63, 3.8) is 0 Å². The molecule has 3 N–H and O–H groups in total. The molecule has 0 saturated carbocycles. The highest BCUT2D eigenvalue weighted by Gasteiger charge is 2.17. The highest BCUT2D eigenvalue weighted by atomic mass is 16.5. The van der Waals surface area contributed by atoms with Gasteiger partial charge in [0.15, 0.2) is 0 Å². The standard InChI is InChI=1S/C15H18N4O2/c1-10-2-4-11(5-3-10)12-13(16)17-15(18-14(12)20)19-6-8-21-9-7-19/h2-5H,6-9H2,1H3,(H3,16,17,18,20). The maximum absolute atomic E-state index is 12.4. The van der Waals surface area contributed by atoms with Crippen LogP contribution in [0.5, 0.6) is 0 Å². The summed E-state index contributed by atoms with van der Waals surface area (Å²) in [4.78, 5) is 21.5. The van der Waals surface area contributed by atoms with Gasteiger partial charge in [-0.1, -0.05) is 29.8 Å². The molecule has 0 bridgehead atoms. The lowest BCUT2D eigenvalue weighted by Crippen LogP contribution is -2.38. The van der Waals surface area contributed by atoms with Crippen LogP contribution in [0.15, 0.2) is 29.1 Å². The van der Waals surface area contributed by atoms with Crippen molar-refractivity contribution < 1.29 is 4.74 Å². The van der Waals surface area contributed by atoms with Gasteiger partial charge in [-0.2, -0.15) is 4.98 Å². The minimum Gasteiger partial charge on any atom is -0.383 e. The topological polar surface area (TPSA) is 84.2 Å². The van der Waals surface area contributed by atoms with E-state index in [2.05, 4.69) is 9.97 Å². The Morgan fingerprint density at radius 3 is 2.52 bits per heavy atom. The van der Waals surface area contributed by atoms with Crippen LogP contribution in [0.1, 0.15) is 5.56 Å². The third kappa shape index (κ3) is 2.75. The van der Waals surface area contributed by atoms with Gasteiger partial charge in [-0.05, 0) is 12.5 Å². The Labute approximate surface area is 122 Å². The molecule has 6 nitrogen and oxygen atoms in total. The average molecular weight is 286 g/mol. The number of aromatic nitrogens is 2. The first-order chi connectivity index (χ1) is 10.1. The van der Waals surface area contributed by atoms with Crippen LogP contribution < -0.4 is 16.2 Å². The smallest absolute Gasteiger partial charge is 0.262 e. The zero-order valence-corrected chi connectivity index (χ0v) is 11.9. The summed E-state index contributed by atoms with van der Waals surface area (Å²) in [6.45, 7) is 4.66. The van der Waals surface area contributed by atoms with E-state index < -0.39 is 0 Å². The molecular formula is C15H18N4O2. The minimum absolute atomic E-state index is 0.215. The van der Waals surface area contributed by atoms with Crippen LogP contribution in [-0.2, 0) is 4.74 Å². The van der Waals surface area contributed by atoms with Gasteiger partial charge in [-0.25, -0.2) is 0 Å². The average Bonchev–Trinajstić information content (AvgIpc) is 2.49. The molecule has 0 aliphatic carbocycles. The number of hydrogen-bond donors (Lipinski definition) is 2. The van der Waals surface area contributed by atoms with Gasteiger partial charge < -0.3 is 15.4 Å². The van der Waals surface area contributed by atoms with Gasteiger partial charge in [0.25, 0.3) is 5.56 Å². The summed E-state index contributed by atoms with van der Waals surface area (Å²) in [6, 6.07) is 7.66. The lowest BCUT2D eigenvalue weighted by molar-refractivity contribution is 0.122. The summed E-state index contributed by atoms with van der Waals surface area (Å²) in [5.74, 6) is 0.765. The summed E-state index contributed by atoms with van der Waals surface area (Å²) < 4.78 is 5.29. The van der Waals surface area contributed by atoms with Crippen LogP contribution in [0.25, 0.3) is 11.1 Å². The fraction of sp³-hybridized carbons (Fsp3) is 0.333. The quantitative estimate of drug-likeness (QED) is 0.865. The summed E-state index contributed by atoms with van der Waals surface area (Å²) in [5.41, 5.74) is 8.13. The molecule has 1 aromatic carbocycles. The Morgan fingerprint density at radius 2 is 1.90 bits per heavy atom. The number of hydrogen-bond acceptors (Lipinski definition) is 5. The van der Waals surface area contributed by atoms with E-state index in [1.54, 1.807) is 0 Å². The fourth-order valence-corrected chi connectivity index (χ4v) is 2.40. The van der Waals surface area contributed by atoms with Crippen LogP contribution in [-0.4, -0.2) is 36.3 Å². The molecule has 0 amide bonds. The number of benzene rings is 1. The second-order valence-corrected chi connectivity index (χ2v) is 5.12. The molecule has 1 aliphatic rings. The van der Waals surface area contributed by atoms with Crippen molar-refractivity contribution in [3.05, 3.63) is 40.2 Å². The number of nitrogens with two attached hydrogens (primary N) is 1. The number of nitrogens with one attached hydrogen (secondary N) is 1. The van der Waals surface area contributed by atoms with Gasteiger partial charge in [0.1, 0.15) is 5.82 Å². The number of aryl methyl sites for hydroxylation is 1. The van der Waals surface area contributed by atoms with E-state index in [-0.39, 0.29) is 11.4 Å². The molecule has 0 spiro atoms. The largest absolute Gasteiger partial charge is 0.383 e. The third-order valence-corrected chi connectivity index (χ3v) is 3.59. The first kappa shape index (κ1) is 13.6. The molecule has 1 fully saturated rings. The predicted octanol–water partition coefficient (Wildman–Crippen LogP) is 1.16. The van der Waals surface area contributed by atoms with Gasteiger partial charge >= 0.3 is 0 Å². The van der Waals surface area contributed by atoms with Crippen LogP contribution >= 0.6 is 0 Å². The molecule has 1 aliphatic heterocycles. The van der Waals surface area contributed by atoms with E-state index in [9.17, 15) is 4.79 Å². The number of morpholine rings is 1. The molecule has 1 saturated heterocycles. The molecule has 6 heteroatoms. The monoisotopic (exact) mass is 286 g/mol. The van der Waals surface area contributed by atoms with Crippen LogP contribution in [0.2, 0.25) is 0 Å². The Kier molecular flexibility index (Phi) is 3.62. The van der Waals surface area contributed by atoms with E-state index in [0.717, 1.165) is 11.1 Å². The van der Waals surface area contributed by atoms with E-state index >= 15 is 0 Å². The second kappa shape index (κ2) is 5.57. The lowest BCUT2D eigenvalue weighted by atomic mass is 10.1. The Bertz CT molecular complexity index is 688. The number of aromatic amines is 1. The maximum Gasteiger partial charge on any atom is 0.262 e. The van der Waals surface area contributed by atoms with Crippen molar-refractivity contribution in [2.24, 2.45) is 0 Å². The molecule has 0 atom stereocenters. The molecule has 1 aromatic heterocycles. The number of anilines is 2. The molecule has 0 unspecified atom stereocenters. The van der Waals surface area contributed by atoms with E-state index in [1.165, 1.54) is 0 Å². The summed E-state index contributed by atoms with van der Waals surface area (Å²) in [6.07, 6.45) is 0. The predicted molar refractivity (Wildman–Crippen MR) is 82.5 cm³/mol. The molecule has 2 heterocycles. The zero-order chi connectivity index (χ0) is 14.8. The Morgan fingerprint density at radius 1 is 1.24 bits per heavy atom. The van der Waals surface area contributed by atoms with E-state index in [0.29, 0.717) is 37.8 Å². The summed E-state index contributed by atoms with van der Waals surface area (Å²) >= 11 is 0. The van der Waals surface area contributed by atoms with Crippen LogP contribution in [0.3, 0.4) is 0 Å². The number of nitrogen functional groups attached to an aromatic ring is 1. The van der Waals surface area contributed by atoms with Gasteiger partial charge in [-0.3, -0.25) is 9.78 Å². The van der Waals surface area contributed by atoms with Gasteiger partial charge in [-0.15, -0.1) is 0 Å². The lowest BCUT2D eigenvalue weighted by Gasteiger charge is -2.27. The van der Waals surface area contributed by atoms with Crippen LogP contribution in [0, 0.1) is 6.92 Å². The highest BCUT2D eigenvalue weighted by molar-refractivity contribution is 5.73. The summed E-state index contributed by atoms with van der Waals surface area (Å²) in [5, 5.41) is 0. The van der Waals surface area contributed by atoms with Crippen molar-refractivity contribution in [2.45, 2.75) is 6.92 Å². The van der Waals surface area contributed by atoms with Crippen molar-refractivity contribution in [1.82, 2.24) is 9.97 Å².